The van der Waals surface area contributed by atoms with Crippen molar-refractivity contribution in [3.63, 3.8) is 0 Å². The molecule has 2 aromatic rings. The first-order chi connectivity index (χ1) is 14.2. The van der Waals surface area contributed by atoms with Gasteiger partial charge in [0.1, 0.15) is 6.54 Å². The molecule has 0 atom stereocenters. The van der Waals surface area contributed by atoms with Crippen LogP contribution in [0.25, 0.3) is 6.08 Å². The quantitative estimate of drug-likeness (QED) is 0.345. The van der Waals surface area contributed by atoms with Gasteiger partial charge in [-0.05, 0) is 57.5 Å². The summed E-state index contributed by atoms with van der Waals surface area (Å²) in [5.41, 5.74) is -0.000650. The number of carbonyl (C=O) groups is 3. The molecule has 154 valence electrons. The molecule has 0 unspecified atom stereocenters. The second kappa shape index (κ2) is 8.86. The number of phenolic OH excluding ortho intramolecular Hbond substituents is 1. The van der Waals surface area contributed by atoms with Gasteiger partial charge in [-0.1, -0.05) is 23.7 Å². The van der Waals surface area contributed by atoms with Gasteiger partial charge in [0, 0.05) is 6.07 Å². The van der Waals surface area contributed by atoms with Gasteiger partial charge in [-0.25, -0.2) is 0 Å². The van der Waals surface area contributed by atoms with E-state index in [-0.39, 0.29) is 14.9 Å². The molecule has 3 amide bonds. The number of nitro benzene ring substituents is 1. The van der Waals surface area contributed by atoms with Crippen LogP contribution in [0.15, 0.2) is 45.8 Å². The van der Waals surface area contributed by atoms with Crippen LogP contribution in [0, 0.1) is 10.1 Å². The number of para-hydroxylation sites is 1. The second-order valence-electron chi connectivity index (χ2n) is 5.92. The van der Waals surface area contributed by atoms with Crippen LogP contribution in [0.5, 0.6) is 5.75 Å². The summed E-state index contributed by atoms with van der Waals surface area (Å²) in [6.45, 7) is -0.521. The average Bonchev–Trinajstić information content (AvgIpc) is 2.93. The third-order valence-electron chi connectivity index (χ3n) is 3.88. The number of phenols is 1. The number of nitro groups is 1. The van der Waals surface area contributed by atoms with Crippen molar-refractivity contribution in [1.82, 2.24) is 4.90 Å². The maximum Gasteiger partial charge on any atom is 0.312 e. The SMILES string of the molecule is O=C(CN1C(=O)S/C(=C/c2cc(Br)c(O)c([N+](=O)[O-])c2)C1=O)Nc1ccccc1Cl. The number of thioether (sulfide) groups is 1. The van der Waals surface area contributed by atoms with E-state index in [1.54, 1.807) is 24.3 Å². The number of hydrogen-bond acceptors (Lipinski definition) is 7. The third-order valence-corrected chi connectivity index (χ3v) is 5.72. The molecule has 12 heteroatoms. The standard InChI is InChI=1S/C18H11BrClN3O6S/c19-10-5-9(6-13(16(10)25)23(28)29)7-14-17(26)22(18(27)30-14)8-15(24)21-12-4-2-1-3-11(12)20/h1-7,25H,8H2,(H,21,24)/b14-7+. The number of nitrogens with zero attached hydrogens (tertiary/aromatic N) is 2. The Kier molecular flexibility index (Phi) is 6.44. The predicted molar refractivity (Wildman–Crippen MR) is 115 cm³/mol. The van der Waals surface area contributed by atoms with Crippen molar-refractivity contribution >= 4 is 73.8 Å². The van der Waals surface area contributed by atoms with Gasteiger partial charge in [-0.15, -0.1) is 0 Å². The molecule has 9 nitrogen and oxygen atoms in total. The molecule has 30 heavy (non-hydrogen) atoms. The maximum atomic E-state index is 12.6. The van der Waals surface area contributed by atoms with Crippen LogP contribution < -0.4 is 5.32 Å². The molecule has 0 aromatic heterocycles. The Bertz CT molecular complexity index is 1120. The molecule has 0 bridgehead atoms. The first kappa shape index (κ1) is 21.8. The van der Waals surface area contributed by atoms with Gasteiger partial charge >= 0.3 is 5.69 Å². The van der Waals surface area contributed by atoms with Crippen molar-refractivity contribution in [2.75, 3.05) is 11.9 Å². The summed E-state index contributed by atoms with van der Waals surface area (Å²) in [7, 11) is 0. The van der Waals surface area contributed by atoms with E-state index in [2.05, 4.69) is 21.2 Å². The van der Waals surface area contributed by atoms with Crippen molar-refractivity contribution in [2.45, 2.75) is 0 Å². The highest BCUT2D eigenvalue weighted by molar-refractivity contribution is 9.10. The number of imide groups is 1. The molecule has 0 aliphatic carbocycles. The number of anilines is 1. The highest BCUT2D eigenvalue weighted by Crippen LogP contribution is 2.38. The largest absolute Gasteiger partial charge is 0.501 e. The highest BCUT2D eigenvalue weighted by atomic mass is 79.9. The Balaban J connectivity index is 1.79. The number of rotatable bonds is 5. The molecular weight excluding hydrogens is 502 g/mol. The fourth-order valence-corrected chi connectivity index (χ4v) is 4.00. The van der Waals surface area contributed by atoms with Gasteiger partial charge < -0.3 is 10.4 Å². The van der Waals surface area contributed by atoms with Crippen molar-refractivity contribution in [2.24, 2.45) is 0 Å². The zero-order valence-electron chi connectivity index (χ0n) is 14.8. The predicted octanol–water partition coefficient (Wildman–Crippen LogP) is 4.39. The van der Waals surface area contributed by atoms with Gasteiger partial charge in [-0.2, -0.15) is 0 Å². The molecule has 0 radical (unpaired) electrons. The van der Waals surface area contributed by atoms with E-state index in [1.165, 1.54) is 12.1 Å². The van der Waals surface area contributed by atoms with Crippen LogP contribution in [0.1, 0.15) is 5.56 Å². The highest BCUT2D eigenvalue weighted by Gasteiger charge is 2.36. The average molecular weight is 513 g/mol. The molecule has 2 N–H and O–H groups in total. The second-order valence-corrected chi connectivity index (χ2v) is 8.18. The fraction of sp³-hybridized carbons (Fsp3) is 0.0556. The molecule has 3 rings (SSSR count). The van der Waals surface area contributed by atoms with Crippen molar-refractivity contribution in [3.8, 4) is 5.75 Å². The van der Waals surface area contributed by atoms with E-state index in [9.17, 15) is 29.6 Å². The van der Waals surface area contributed by atoms with Gasteiger partial charge in [0.05, 0.1) is 25.0 Å². The third kappa shape index (κ3) is 4.64. The number of benzene rings is 2. The molecule has 2 aromatic carbocycles. The lowest BCUT2D eigenvalue weighted by Gasteiger charge is -2.13. The van der Waals surface area contributed by atoms with Gasteiger partial charge in [0.15, 0.2) is 0 Å². The van der Waals surface area contributed by atoms with Gasteiger partial charge in [-0.3, -0.25) is 29.4 Å². The van der Waals surface area contributed by atoms with Crippen LogP contribution in [0.3, 0.4) is 0 Å². The van der Waals surface area contributed by atoms with Crippen molar-refractivity contribution in [1.29, 1.82) is 0 Å². The van der Waals surface area contributed by atoms with Gasteiger partial charge in [0.2, 0.25) is 11.7 Å². The van der Waals surface area contributed by atoms with E-state index in [0.717, 1.165) is 11.0 Å². The monoisotopic (exact) mass is 511 g/mol. The van der Waals surface area contributed by atoms with Crippen molar-refractivity contribution in [3.05, 3.63) is 66.5 Å². The summed E-state index contributed by atoms with van der Waals surface area (Å²) >= 11 is 9.57. The topological polar surface area (TPSA) is 130 Å². The van der Waals surface area contributed by atoms with Crippen LogP contribution in [-0.2, 0) is 9.59 Å². The van der Waals surface area contributed by atoms with Crippen LogP contribution in [-0.4, -0.2) is 38.5 Å². The van der Waals surface area contributed by atoms with Crippen molar-refractivity contribution < 1.29 is 24.4 Å². The summed E-state index contributed by atoms with van der Waals surface area (Å²) in [6.07, 6.45) is 1.27. The zero-order valence-corrected chi connectivity index (χ0v) is 18.0. The Labute approximate surface area is 187 Å². The Morgan fingerprint density at radius 3 is 2.70 bits per heavy atom. The van der Waals surface area contributed by atoms with Gasteiger partial charge in [0.25, 0.3) is 11.1 Å². The molecule has 1 aliphatic rings. The number of nitrogens with one attached hydrogen (secondary N) is 1. The van der Waals surface area contributed by atoms with E-state index in [0.29, 0.717) is 22.5 Å². The normalized spacial score (nSPS) is 15.0. The van der Waals surface area contributed by atoms with Crippen LogP contribution in [0.4, 0.5) is 16.2 Å². The first-order valence-corrected chi connectivity index (χ1v) is 10.1. The molecule has 1 heterocycles. The molecule has 0 spiro atoms. The number of amides is 3. The summed E-state index contributed by atoms with van der Waals surface area (Å²) in [4.78, 5) is 48.0. The number of aromatic hydroxyl groups is 1. The number of halogens is 2. The number of hydrogen-bond donors (Lipinski definition) is 2. The fourth-order valence-electron chi connectivity index (χ4n) is 2.51. The van der Waals surface area contributed by atoms with Crippen LogP contribution >= 0.6 is 39.3 Å². The molecule has 1 fully saturated rings. The van der Waals surface area contributed by atoms with E-state index < -0.39 is 40.0 Å². The lowest BCUT2D eigenvalue weighted by atomic mass is 10.1. The lowest BCUT2D eigenvalue weighted by Crippen LogP contribution is -2.36. The minimum Gasteiger partial charge on any atom is -0.501 e. The Morgan fingerprint density at radius 2 is 2.03 bits per heavy atom. The van der Waals surface area contributed by atoms with E-state index in [1.807, 2.05) is 0 Å². The zero-order chi connectivity index (χ0) is 22.0. The Hall–Kier alpha value is -2.89. The summed E-state index contributed by atoms with van der Waals surface area (Å²) in [5.74, 6) is -1.89. The first-order valence-electron chi connectivity index (χ1n) is 8.14. The van der Waals surface area contributed by atoms with E-state index in [4.69, 9.17) is 11.6 Å². The smallest absolute Gasteiger partial charge is 0.312 e. The van der Waals surface area contributed by atoms with Crippen LogP contribution in [0.2, 0.25) is 5.02 Å². The minimum atomic E-state index is -0.776. The molecule has 1 saturated heterocycles. The van der Waals surface area contributed by atoms with E-state index >= 15 is 0 Å². The summed E-state index contributed by atoms with van der Waals surface area (Å²) < 4.78 is 0.0568. The maximum absolute atomic E-state index is 12.6. The summed E-state index contributed by atoms with van der Waals surface area (Å²) in [5, 5.41) is 22.9. The molecular formula is C18H11BrClN3O6S. The minimum absolute atomic E-state index is 0.0163. The Morgan fingerprint density at radius 1 is 1.33 bits per heavy atom. The lowest BCUT2D eigenvalue weighted by molar-refractivity contribution is -0.386. The number of carbonyl (C=O) groups excluding carboxylic acids is 3. The molecule has 1 aliphatic heterocycles. The summed E-state index contributed by atoms with van der Waals surface area (Å²) in [6, 6.07) is 8.93. The molecule has 0 saturated carbocycles.